The second kappa shape index (κ2) is 11.4. The number of ether oxygens (including phenoxy) is 4. The summed E-state index contributed by atoms with van der Waals surface area (Å²) in [6.07, 6.45) is 0.971. The maximum atomic E-state index is 12.6. The average molecular weight is 556 g/mol. The van der Waals surface area contributed by atoms with Crippen LogP contribution < -0.4 is 14.8 Å². The lowest BCUT2D eigenvalue weighted by molar-refractivity contribution is -0.143. The molecular formula is C32H33N3O6. The van der Waals surface area contributed by atoms with Gasteiger partial charge in [-0.25, -0.2) is 4.79 Å². The van der Waals surface area contributed by atoms with Crippen LogP contribution >= 0.6 is 0 Å². The molecule has 2 heterocycles. The van der Waals surface area contributed by atoms with Crippen LogP contribution in [0.5, 0.6) is 17.2 Å². The van der Waals surface area contributed by atoms with Crippen LogP contribution in [0, 0.1) is 11.3 Å². The number of hydrogen-bond acceptors (Lipinski definition) is 8. The van der Waals surface area contributed by atoms with E-state index in [2.05, 4.69) is 23.5 Å². The highest BCUT2D eigenvalue weighted by molar-refractivity contribution is 5.80. The summed E-state index contributed by atoms with van der Waals surface area (Å²) in [5, 5.41) is 13.1. The van der Waals surface area contributed by atoms with Gasteiger partial charge in [-0.15, -0.1) is 0 Å². The molecular weight excluding hydrogens is 522 g/mol. The Morgan fingerprint density at radius 1 is 1.05 bits per heavy atom. The predicted octanol–water partition coefficient (Wildman–Crippen LogP) is 6.43. The first-order valence-electron chi connectivity index (χ1n) is 13.6. The van der Waals surface area contributed by atoms with Gasteiger partial charge in [0.2, 0.25) is 0 Å². The van der Waals surface area contributed by atoms with Crippen molar-refractivity contribution in [2.75, 3.05) is 25.6 Å². The summed E-state index contributed by atoms with van der Waals surface area (Å²) in [5.74, 6) is 0.581. The van der Waals surface area contributed by atoms with Crippen molar-refractivity contribution in [1.82, 2.24) is 4.90 Å². The Hall–Kier alpha value is -4.71. The van der Waals surface area contributed by atoms with Crippen molar-refractivity contribution in [2.45, 2.75) is 51.7 Å². The zero-order valence-electron chi connectivity index (χ0n) is 23.7. The van der Waals surface area contributed by atoms with Crippen LogP contribution in [0.2, 0.25) is 0 Å². The molecule has 0 radical (unpaired) electrons. The SMILES string of the molecule is COC(=O)C1CCOc2cc(Oc3ccc(Nc4ccc5c(c4)CN(C(=O)OC(C)(C)C)CC5)cc3)c(C#N)cc21. The van der Waals surface area contributed by atoms with E-state index in [4.69, 9.17) is 18.9 Å². The third-order valence-electron chi connectivity index (χ3n) is 7.00. The quantitative estimate of drug-likeness (QED) is 0.359. The molecule has 0 saturated heterocycles. The van der Waals surface area contributed by atoms with Crippen molar-refractivity contribution in [1.29, 1.82) is 5.26 Å². The summed E-state index contributed by atoms with van der Waals surface area (Å²) in [4.78, 5) is 26.5. The smallest absolute Gasteiger partial charge is 0.410 e. The summed E-state index contributed by atoms with van der Waals surface area (Å²) in [6.45, 7) is 7.11. The van der Waals surface area contributed by atoms with Crippen LogP contribution in [0.3, 0.4) is 0 Å². The maximum absolute atomic E-state index is 12.6. The second-order valence-electron chi connectivity index (χ2n) is 11.1. The number of nitrogens with zero attached hydrogens (tertiary/aromatic N) is 2. The highest BCUT2D eigenvalue weighted by Crippen LogP contribution is 2.40. The molecule has 5 rings (SSSR count). The number of fused-ring (bicyclic) bond motifs is 2. The van der Waals surface area contributed by atoms with Crippen LogP contribution in [0.15, 0.2) is 54.6 Å². The number of nitrogens with one attached hydrogen (secondary N) is 1. The fraction of sp³-hybridized carbons (Fsp3) is 0.344. The van der Waals surface area contributed by atoms with Crippen molar-refractivity contribution in [3.05, 3.63) is 76.9 Å². The van der Waals surface area contributed by atoms with Crippen LogP contribution in [-0.2, 0) is 27.2 Å². The van der Waals surface area contributed by atoms with Crippen LogP contribution in [0.1, 0.15) is 55.4 Å². The number of amides is 1. The largest absolute Gasteiger partial charge is 0.493 e. The van der Waals surface area contributed by atoms with Gasteiger partial charge in [0.25, 0.3) is 0 Å². The maximum Gasteiger partial charge on any atom is 0.410 e. The number of methoxy groups -OCH3 is 1. The molecule has 41 heavy (non-hydrogen) atoms. The predicted molar refractivity (Wildman–Crippen MR) is 153 cm³/mol. The first kappa shape index (κ1) is 27.8. The number of esters is 1. The molecule has 1 amide bonds. The van der Waals surface area contributed by atoms with Crippen molar-refractivity contribution < 1.29 is 28.5 Å². The van der Waals surface area contributed by atoms with Gasteiger partial charge in [-0.1, -0.05) is 6.07 Å². The fourth-order valence-corrected chi connectivity index (χ4v) is 4.99. The minimum atomic E-state index is -0.534. The summed E-state index contributed by atoms with van der Waals surface area (Å²) < 4.78 is 22.3. The number of benzene rings is 3. The van der Waals surface area contributed by atoms with E-state index in [1.165, 1.54) is 12.7 Å². The van der Waals surface area contributed by atoms with Crippen molar-refractivity contribution in [3.63, 3.8) is 0 Å². The van der Waals surface area contributed by atoms with Gasteiger partial charge in [0, 0.05) is 36.1 Å². The zero-order chi connectivity index (χ0) is 29.1. The van der Waals surface area contributed by atoms with E-state index in [1.807, 2.05) is 51.1 Å². The highest BCUT2D eigenvalue weighted by atomic mass is 16.6. The molecule has 0 bridgehead atoms. The summed E-state index contributed by atoms with van der Waals surface area (Å²) in [7, 11) is 1.35. The number of carbonyl (C=O) groups excluding carboxylic acids is 2. The molecule has 0 fully saturated rings. The molecule has 1 N–H and O–H groups in total. The summed E-state index contributed by atoms with van der Waals surface area (Å²) in [6, 6.07) is 19.0. The van der Waals surface area contributed by atoms with Crippen molar-refractivity contribution >= 4 is 23.4 Å². The van der Waals surface area contributed by atoms with E-state index in [0.717, 1.165) is 23.4 Å². The van der Waals surface area contributed by atoms with E-state index in [9.17, 15) is 14.9 Å². The Morgan fingerprint density at radius 3 is 2.51 bits per heavy atom. The lowest BCUT2D eigenvalue weighted by Crippen LogP contribution is -2.39. The summed E-state index contributed by atoms with van der Waals surface area (Å²) in [5.41, 5.74) is 4.47. The Morgan fingerprint density at radius 2 is 1.80 bits per heavy atom. The van der Waals surface area contributed by atoms with Gasteiger partial charge in [0.1, 0.15) is 28.9 Å². The van der Waals surface area contributed by atoms with E-state index in [0.29, 0.717) is 54.5 Å². The lowest BCUT2D eigenvalue weighted by atomic mass is 9.91. The lowest BCUT2D eigenvalue weighted by Gasteiger charge is -2.31. The zero-order valence-corrected chi connectivity index (χ0v) is 23.7. The first-order chi connectivity index (χ1) is 19.6. The van der Waals surface area contributed by atoms with Crippen LogP contribution in [0.25, 0.3) is 0 Å². The Balaban J connectivity index is 1.27. The normalized spacial score (nSPS) is 15.9. The first-order valence-corrected chi connectivity index (χ1v) is 13.6. The van der Waals surface area contributed by atoms with E-state index in [1.54, 1.807) is 17.0 Å². The molecule has 2 aliphatic rings. The third-order valence-corrected chi connectivity index (χ3v) is 7.00. The molecule has 1 atom stereocenters. The fourth-order valence-electron chi connectivity index (χ4n) is 4.99. The van der Waals surface area contributed by atoms with E-state index in [-0.39, 0.29) is 12.1 Å². The molecule has 1 unspecified atom stereocenters. The van der Waals surface area contributed by atoms with Gasteiger partial charge >= 0.3 is 12.1 Å². The van der Waals surface area contributed by atoms with Crippen molar-refractivity contribution in [2.24, 2.45) is 0 Å². The Bertz CT molecular complexity index is 1500. The van der Waals surface area contributed by atoms with Gasteiger partial charge in [0.05, 0.1) is 25.2 Å². The molecule has 212 valence electrons. The number of nitriles is 1. The number of hydrogen-bond donors (Lipinski definition) is 1. The average Bonchev–Trinajstić information content (AvgIpc) is 2.95. The molecule has 3 aromatic carbocycles. The molecule has 0 aromatic heterocycles. The number of carbonyl (C=O) groups is 2. The minimum Gasteiger partial charge on any atom is -0.493 e. The molecule has 3 aromatic rings. The molecule has 2 aliphatic heterocycles. The van der Waals surface area contributed by atoms with Gasteiger partial charge in [-0.3, -0.25) is 4.79 Å². The topological polar surface area (TPSA) is 110 Å². The summed E-state index contributed by atoms with van der Waals surface area (Å²) >= 11 is 0. The molecule has 9 nitrogen and oxygen atoms in total. The molecule has 0 spiro atoms. The highest BCUT2D eigenvalue weighted by Gasteiger charge is 2.30. The Kier molecular flexibility index (Phi) is 7.75. The van der Waals surface area contributed by atoms with E-state index >= 15 is 0 Å². The van der Waals surface area contributed by atoms with Crippen LogP contribution in [0.4, 0.5) is 16.2 Å². The van der Waals surface area contributed by atoms with E-state index < -0.39 is 11.5 Å². The van der Waals surface area contributed by atoms with Gasteiger partial charge in [-0.2, -0.15) is 5.26 Å². The molecule has 9 heteroatoms. The van der Waals surface area contributed by atoms with Crippen LogP contribution in [-0.4, -0.2) is 42.8 Å². The monoisotopic (exact) mass is 555 g/mol. The second-order valence-corrected chi connectivity index (χ2v) is 11.1. The Labute approximate surface area is 239 Å². The number of anilines is 2. The van der Waals surface area contributed by atoms with Gasteiger partial charge < -0.3 is 29.2 Å². The molecule has 0 saturated carbocycles. The minimum absolute atomic E-state index is 0.301. The number of rotatable bonds is 5. The third kappa shape index (κ3) is 6.38. The van der Waals surface area contributed by atoms with Gasteiger partial charge in [-0.05, 0) is 87.2 Å². The standard InChI is InChI=1S/C32H33N3O6/c1-32(2,3)41-31(37)35-13-11-20-5-6-24(15-22(20)19-35)34-23-7-9-25(10-8-23)40-28-17-29-27(16-21(28)18-33)26(12-14-39-29)30(36)38-4/h5-10,15-17,26,34H,11-14,19H2,1-4H3. The van der Waals surface area contributed by atoms with Crippen molar-refractivity contribution in [3.8, 4) is 23.3 Å². The molecule has 0 aliphatic carbocycles. The van der Waals surface area contributed by atoms with Gasteiger partial charge in [0.15, 0.2) is 0 Å².